The van der Waals surface area contributed by atoms with Crippen LogP contribution < -0.4 is 5.14 Å². The summed E-state index contributed by atoms with van der Waals surface area (Å²) in [6.07, 6.45) is 4.31. The van der Waals surface area contributed by atoms with Gasteiger partial charge in [0.2, 0.25) is 10.0 Å². The maximum Gasteiger partial charge on any atom is 0.326 e. The molecule has 1 saturated heterocycles. The Kier molecular flexibility index (Phi) is 4.83. The lowest BCUT2D eigenvalue weighted by molar-refractivity contribution is -0.141. The molecule has 3 rings (SSSR count). The van der Waals surface area contributed by atoms with E-state index in [4.69, 9.17) is 5.14 Å². The van der Waals surface area contributed by atoms with E-state index in [9.17, 15) is 23.1 Å². The molecule has 25 heavy (non-hydrogen) atoms. The lowest BCUT2D eigenvalue weighted by Crippen LogP contribution is -2.46. The number of likely N-dealkylation sites (tertiary alicyclic amines) is 1. The molecule has 2 aliphatic rings. The lowest BCUT2D eigenvalue weighted by atomic mass is 9.84. The number of carboxylic acids is 1. The lowest BCUT2D eigenvalue weighted by Gasteiger charge is -2.33. The normalized spacial score (nSPS) is 26.3. The molecular formula is C17H22N2O5S. The van der Waals surface area contributed by atoms with Crippen molar-refractivity contribution in [2.24, 2.45) is 11.1 Å². The molecule has 3 atom stereocenters. The Morgan fingerprint density at radius 3 is 2.64 bits per heavy atom. The van der Waals surface area contributed by atoms with Crippen LogP contribution in [0.5, 0.6) is 0 Å². The van der Waals surface area contributed by atoms with E-state index in [1.165, 1.54) is 11.0 Å². The highest BCUT2D eigenvalue weighted by atomic mass is 32.2. The van der Waals surface area contributed by atoms with E-state index in [1.54, 1.807) is 18.2 Å². The number of carboxylic acid groups (broad SMARTS) is 1. The molecule has 1 heterocycles. The number of rotatable bonds is 4. The van der Waals surface area contributed by atoms with E-state index in [0.29, 0.717) is 17.5 Å². The molecule has 1 saturated carbocycles. The Labute approximate surface area is 146 Å². The molecule has 0 aromatic heterocycles. The predicted octanol–water partition coefficient (Wildman–Crippen LogP) is 1.33. The van der Waals surface area contributed by atoms with E-state index >= 15 is 0 Å². The monoisotopic (exact) mass is 366 g/mol. The average Bonchev–Trinajstić information content (AvgIpc) is 2.92. The number of nitrogens with zero attached hydrogens (tertiary/aromatic N) is 1. The Morgan fingerprint density at radius 2 is 1.96 bits per heavy atom. The van der Waals surface area contributed by atoms with Crippen molar-refractivity contribution in [1.29, 1.82) is 0 Å². The number of amides is 1. The fourth-order valence-electron chi connectivity index (χ4n) is 4.15. The molecule has 8 heteroatoms. The van der Waals surface area contributed by atoms with Gasteiger partial charge in [0.15, 0.2) is 0 Å². The summed E-state index contributed by atoms with van der Waals surface area (Å²) in [5, 5.41) is 14.6. The van der Waals surface area contributed by atoms with Gasteiger partial charge in [0.1, 0.15) is 6.04 Å². The minimum Gasteiger partial charge on any atom is -0.480 e. The zero-order valence-electron chi connectivity index (χ0n) is 13.8. The SMILES string of the molecule is NS(=O)(=O)Cc1cccc(C(=O)N2[C@H](C(=O)O)C[C@@H]3CCCC[C@@H]32)c1. The van der Waals surface area contributed by atoms with Crippen molar-refractivity contribution < 1.29 is 23.1 Å². The van der Waals surface area contributed by atoms with Crippen LogP contribution in [0.15, 0.2) is 24.3 Å². The number of sulfonamides is 1. The van der Waals surface area contributed by atoms with Crippen molar-refractivity contribution in [2.45, 2.75) is 49.9 Å². The highest BCUT2D eigenvalue weighted by Crippen LogP contribution is 2.40. The van der Waals surface area contributed by atoms with Gasteiger partial charge in [-0.15, -0.1) is 0 Å². The fraction of sp³-hybridized carbons (Fsp3) is 0.529. The zero-order valence-corrected chi connectivity index (χ0v) is 14.6. The maximum atomic E-state index is 13.0. The third-order valence-electron chi connectivity index (χ3n) is 5.15. The standard InChI is InChI=1S/C17H22N2O5S/c18-25(23,24)10-11-4-3-6-13(8-11)16(20)19-14-7-2-1-5-12(14)9-15(19)17(21)22/h3-4,6,8,12,14-15H,1-2,5,7,9-10H2,(H,21,22)(H2,18,23,24)/t12-,14-,15-/m0/s1. The van der Waals surface area contributed by atoms with Crippen LogP contribution in [0.25, 0.3) is 0 Å². The summed E-state index contributed by atoms with van der Waals surface area (Å²) in [7, 11) is -3.70. The topological polar surface area (TPSA) is 118 Å². The van der Waals surface area contributed by atoms with Gasteiger partial charge >= 0.3 is 5.97 Å². The van der Waals surface area contributed by atoms with Crippen LogP contribution in [-0.4, -0.2) is 42.4 Å². The van der Waals surface area contributed by atoms with Gasteiger partial charge < -0.3 is 10.0 Å². The highest BCUT2D eigenvalue weighted by molar-refractivity contribution is 7.88. The minimum absolute atomic E-state index is 0.0516. The third kappa shape index (κ3) is 3.85. The molecule has 3 N–H and O–H groups in total. The summed E-state index contributed by atoms with van der Waals surface area (Å²) in [4.78, 5) is 26.2. The van der Waals surface area contributed by atoms with Gasteiger partial charge in [-0.05, 0) is 42.9 Å². The van der Waals surface area contributed by atoms with Crippen molar-refractivity contribution in [3.63, 3.8) is 0 Å². The first-order chi connectivity index (χ1) is 11.8. The van der Waals surface area contributed by atoms with Gasteiger partial charge in [0.05, 0.1) is 5.75 Å². The number of benzene rings is 1. The number of hydrogen-bond donors (Lipinski definition) is 2. The molecule has 7 nitrogen and oxygen atoms in total. The van der Waals surface area contributed by atoms with E-state index in [1.807, 2.05) is 0 Å². The van der Waals surface area contributed by atoms with Crippen molar-refractivity contribution in [3.8, 4) is 0 Å². The Morgan fingerprint density at radius 1 is 1.24 bits per heavy atom. The second kappa shape index (κ2) is 6.76. The maximum absolute atomic E-state index is 13.0. The van der Waals surface area contributed by atoms with Gasteiger partial charge in [-0.2, -0.15) is 0 Å². The van der Waals surface area contributed by atoms with Gasteiger partial charge in [0.25, 0.3) is 5.91 Å². The zero-order chi connectivity index (χ0) is 18.2. The molecule has 0 bridgehead atoms. The van der Waals surface area contributed by atoms with Crippen molar-refractivity contribution in [3.05, 3.63) is 35.4 Å². The summed E-state index contributed by atoms with van der Waals surface area (Å²) in [5.74, 6) is -1.46. The van der Waals surface area contributed by atoms with Gasteiger partial charge in [-0.3, -0.25) is 4.79 Å². The number of aliphatic carboxylic acids is 1. The minimum atomic E-state index is -3.70. The van der Waals surface area contributed by atoms with Gasteiger partial charge in [-0.1, -0.05) is 25.0 Å². The average molecular weight is 366 g/mol. The van der Waals surface area contributed by atoms with E-state index in [2.05, 4.69) is 0 Å². The molecule has 1 aliphatic carbocycles. The molecule has 1 amide bonds. The van der Waals surface area contributed by atoms with Crippen LogP contribution in [0.3, 0.4) is 0 Å². The predicted molar refractivity (Wildman–Crippen MR) is 91.2 cm³/mol. The summed E-state index contributed by atoms with van der Waals surface area (Å²) < 4.78 is 22.5. The Balaban J connectivity index is 1.90. The number of hydrogen-bond acceptors (Lipinski definition) is 4. The van der Waals surface area contributed by atoms with Crippen LogP contribution in [-0.2, 0) is 20.6 Å². The molecule has 2 fully saturated rings. The number of carbonyl (C=O) groups excluding carboxylic acids is 1. The Hall–Kier alpha value is -1.93. The summed E-state index contributed by atoms with van der Waals surface area (Å²) in [6, 6.07) is 5.39. The number of carbonyl (C=O) groups is 2. The second-order valence-corrected chi connectivity index (χ2v) is 8.54. The first-order valence-corrected chi connectivity index (χ1v) is 10.1. The molecule has 1 aromatic rings. The summed E-state index contributed by atoms with van der Waals surface area (Å²) >= 11 is 0. The number of fused-ring (bicyclic) bond motifs is 1. The molecule has 1 aromatic carbocycles. The quantitative estimate of drug-likeness (QED) is 0.833. The van der Waals surface area contributed by atoms with E-state index in [0.717, 1.165) is 25.7 Å². The van der Waals surface area contributed by atoms with Crippen LogP contribution in [0.4, 0.5) is 0 Å². The molecule has 0 radical (unpaired) electrons. The second-order valence-electron chi connectivity index (χ2n) is 6.92. The molecule has 0 unspecified atom stereocenters. The third-order valence-corrected chi connectivity index (χ3v) is 5.89. The fourth-order valence-corrected chi connectivity index (χ4v) is 4.79. The summed E-state index contributed by atoms with van der Waals surface area (Å²) in [6.45, 7) is 0. The van der Waals surface area contributed by atoms with Crippen LogP contribution >= 0.6 is 0 Å². The molecule has 136 valence electrons. The van der Waals surface area contributed by atoms with Crippen molar-refractivity contribution in [2.75, 3.05) is 0 Å². The van der Waals surface area contributed by atoms with Crippen LogP contribution in [0, 0.1) is 5.92 Å². The number of nitrogens with two attached hydrogens (primary N) is 1. The largest absolute Gasteiger partial charge is 0.480 e. The van der Waals surface area contributed by atoms with E-state index in [-0.39, 0.29) is 23.6 Å². The van der Waals surface area contributed by atoms with E-state index < -0.39 is 22.0 Å². The highest BCUT2D eigenvalue weighted by Gasteiger charge is 2.47. The number of primary sulfonamides is 1. The van der Waals surface area contributed by atoms with Crippen LogP contribution in [0.1, 0.15) is 48.0 Å². The molecule has 1 aliphatic heterocycles. The Bertz CT molecular complexity index is 792. The van der Waals surface area contributed by atoms with Crippen molar-refractivity contribution >= 4 is 21.9 Å². The van der Waals surface area contributed by atoms with Crippen molar-refractivity contribution in [1.82, 2.24) is 4.90 Å². The van der Waals surface area contributed by atoms with Gasteiger partial charge in [0, 0.05) is 11.6 Å². The van der Waals surface area contributed by atoms with Gasteiger partial charge in [-0.25, -0.2) is 18.4 Å². The summed E-state index contributed by atoms with van der Waals surface area (Å²) in [5.41, 5.74) is 0.721. The first kappa shape index (κ1) is 17.9. The first-order valence-electron chi connectivity index (χ1n) is 8.41. The molecule has 0 spiro atoms. The van der Waals surface area contributed by atoms with Crippen LogP contribution in [0.2, 0.25) is 0 Å². The smallest absolute Gasteiger partial charge is 0.326 e. The molecular weight excluding hydrogens is 344 g/mol.